The summed E-state index contributed by atoms with van der Waals surface area (Å²) >= 11 is 0. The van der Waals surface area contributed by atoms with Gasteiger partial charge in [0.15, 0.2) is 0 Å². The predicted molar refractivity (Wildman–Crippen MR) is 130 cm³/mol. The zero-order valence-corrected chi connectivity index (χ0v) is 17.8. The minimum Gasteiger partial charge on any atom is -0.350 e. The van der Waals surface area contributed by atoms with Crippen LogP contribution >= 0.6 is 0 Å². The Morgan fingerprint density at radius 3 is 2.03 bits per heavy atom. The molecule has 0 radical (unpaired) electrons. The van der Waals surface area contributed by atoms with Gasteiger partial charge in [0.1, 0.15) is 11.4 Å². The summed E-state index contributed by atoms with van der Waals surface area (Å²) in [6.07, 6.45) is 7.76. The lowest BCUT2D eigenvalue weighted by atomic mass is 9.89. The van der Waals surface area contributed by atoms with Gasteiger partial charge in [-0.3, -0.25) is 9.59 Å². The predicted octanol–water partition coefficient (Wildman–Crippen LogP) is 5.14. The van der Waals surface area contributed by atoms with Crippen LogP contribution in [0.3, 0.4) is 0 Å². The second-order valence-corrected chi connectivity index (χ2v) is 8.34. The van der Waals surface area contributed by atoms with Crippen molar-refractivity contribution < 1.29 is 4.79 Å². The number of aromatic nitrogens is 1. The fourth-order valence-corrected chi connectivity index (χ4v) is 4.79. The maximum absolute atomic E-state index is 14.1. The number of ketones is 1. The van der Waals surface area contributed by atoms with Crippen molar-refractivity contribution in [1.82, 2.24) is 9.88 Å². The van der Waals surface area contributed by atoms with Crippen LogP contribution in [0.4, 0.5) is 11.5 Å². The minimum atomic E-state index is -1.05. The molecular weight excluding hydrogens is 410 g/mol. The van der Waals surface area contributed by atoms with Crippen molar-refractivity contribution in [2.24, 2.45) is 0 Å². The van der Waals surface area contributed by atoms with E-state index in [9.17, 15) is 9.59 Å². The van der Waals surface area contributed by atoms with Crippen molar-refractivity contribution >= 4 is 28.1 Å². The SMILES string of the molecule is O=C1c2c([nH]c(=O)c3ccccc23)N(c2ccccc2)C12C=CN(Cc1ccccc1)C=C2. The number of fused-ring (bicyclic) bond motifs is 3. The highest BCUT2D eigenvalue weighted by atomic mass is 16.1. The molecule has 160 valence electrons. The molecule has 0 fully saturated rings. The molecule has 0 saturated carbocycles. The first-order chi connectivity index (χ1) is 16.2. The van der Waals surface area contributed by atoms with Crippen molar-refractivity contribution in [1.29, 1.82) is 0 Å². The molecule has 0 unspecified atom stereocenters. The van der Waals surface area contributed by atoms with E-state index in [4.69, 9.17) is 0 Å². The third kappa shape index (κ3) is 2.93. The summed E-state index contributed by atoms with van der Waals surface area (Å²) < 4.78 is 0. The van der Waals surface area contributed by atoms with Gasteiger partial charge in [0.25, 0.3) is 5.56 Å². The van der Waals surface area contributed by atoms with E-state index in [0.717, 1.165) is 5.69 Å². The highest BCUT2D eigenvalue weighted by Gasteiger charge is 2.51. The molecule has 5 nitrogen and oxygen atoms in total. The second-order valence-electron chi connectivity index (χ2n) is 8.34. The zero-order valence-electron chi connectivity index (χ0n) is 17.8. The number of Topliss-reactive ketones (excluding diaryl/α,β-unsaturated/α-hetero) is 1. The van der Waals surface area contributed by atoms with Crippen LogP contribution in [0.2, 0.25) is 0 Å². The molecule has 6 rings (SSSR count). The number of nitrogens with one attached hydrogen (secondary N) is 1. The highest BCUT2D eigenvalue weighted by Crippen LogP contribution is 2.47. The quantitative estimate of drug-likeness (QED) is 0.488. The molecule has 3 aromatic carbocycles. The summed E-state index contributed by atoms with van der Waals surface area (Å²) in [5.74, 6) is 0.473. The first-order valence-corrected chi connectivity index (χ1v) is 10.9. The standard InChI is InChI=1S/C28H21N3O2/c32-25-24-22-13-7-8-14-23(22)27(33)29-26(24)31(21-11-5-2-6-12-21)28(25)15-17-30(18-16-28)19-20-9-3-1-4-10-20/h1-18H,19H2,(H,29,33). The summed E-state index contributed by atoms with van der Waals surface area (Å²) in [5.41, 5.74) is 1.30. The molecule has 2 aliphatic rings. The van der Waals surface area contributed by atoms with Gasteiger partial charge in [0.2, 0.25) is 5.78 Å². The minimum absolute atomic E-state index is 0.0549. The Morgan fingerprint density at radius 1 is 0.727 bits per heavy atom. The average molecular weight is 431 g/mol. The van der Waals surface area contributed by atoms with E-state index in [2.05, 4.69) is 22.0 Å². The van der Waals surface area contributed by atoms with Gasteiger partial charge in [0, 0.05) is 35.4 Å². The number of pyridine rings is 1. The summed E-state index contributed by atoms with van der Waals surface area (Å²) in [6, 6.07) is 27.2. The van der Waals surface area contributed by atoms with Crippen LogP contribution < -0.4 is 10.5 Å². The lowest BCUT2D eigenvalue weighted by Gasteiger charge is -2.36. The monoisotopic (exact) mass is 431 g/mol. The molecule has 33 heavy (non-hydrogen) atoms. The van der Waals surface area contributed by atoms with E-state index in [1.807, 2.05) is 96.2 Å². The molecule has 0 amide bonds. The maximum atomic E-state index is 14.1. The summed E-state index contributed by atoms with van der Waals surface area (Å²) in [5, 5.41) is 1.19. The third-order valence-corrected chi connectivity index (χ3v) is 6.36. The Kier molecular flexibility index (Phi) is 4.30. The van der Waals surface area contributed by atoms with Crippen LogP contribution in [0, 0.1) is 0 Å². The second kappa shape index (κ2) is 7.35. The van der Waals surface area contributed by atoms with Crippen molar-refractivity contribution in [3.63, 3.8) is 0 Å². The topological polar surface area (TPSA) is 56.4 Å². The first kappa shape index (κ1) is 19.3. The molecule has 1 N–H and O–H groups in total. The number of carbonyl (C=O) groups is 1. The fraction of sp³-hybridized carbons (Fsp3) is 0.0714. The number of carbonyl (C=O) groups excluding carboxylic acids is 1. The van der Waals surface area contributed by atoms with Crippen molar-refractivity contribution in [2.45, 2.75) is 12.1 Å². The van der Waals surface area contributed by atoms with Crippen LogP contribution in [0.1, 0.15) is 15.9 Å². The van der Waals surface area contributed by atoms with Crippen molar-refractivity contribution in [3.05, 3.63) is 131 Å². The van der Waals surface area contributed by atoms with Gasteiger partial charge >= 0.3 is 0 Å². The average Bonchev–Trinajstić information content (AvgIpc) is 3.09. The van der Waals surface area contributed by atoms with E-state index in [1.54, 1.807) is 6.07 Å². The number of anilines is 2. The lowest BCUT2D eigenvalue weighted by Crippen LogP contribution is -2.46. The number of hydrogen-bond acceptors (Lipinski definition) is 4. The van der Waals surface area contributed by atoms with E-state index in [0.29, 0.717) is 28.7 Å². The Hall–Kier alpha value is -4.38. The summed E-state index contributed by atoms with van der Waals surface area (Å²) in [7, 11) is 0. The molecule has 3 heterocycles. The largest absolute Gasteiger partial charge is 0.350 e. The van der Waals surface area contributed by atoms with Crippen LogP contribution in [-0.4, -0.2) is 21.2 Å². The fourth-order valence-electron chi connectivity index (χ4n) is 4.79. The number of para-hydroxylation sites is 1. The number of nitrogens with zero attached hydrogens (tertiary/aromatic N) is 2. The molecule has 0 bridgehead atoms. The Labute approximate surface area is 190 Å². The summed E-state index contributed by atoms with van der Waals surface area (Å²) in [6.45, 7) is 0.705. The molecule has 1 spiro atoms. The molecule has 0 saturated heterocycles. The lowest BCUT2D eigenvalue weighted by molar-refractivity contribution is 0.0958. The van der Waals surface area contributed by atoms with Gasteiger partial charge in [-0.05, 0) is 35.9 Å². The Balaban J connectivity index is 1.51. The maximum Gasteiger partial charge on any atom is 0.257 e. The van der Waals surface area contributed by atoms with Crippen LogP contribution in [0.5, 0.6) is 0 Å². The van der Waals surface area contributed by atoms with Gasteiger partial charge in [-0.2, -0.15) is 0 Å². The summed E-state index contributed by atoms with van der Waals surface area (Å²) in [4.78, 5) is 34.0. The number of hydrogen-bond donors (Lipinski definition) is 1. The van der Waals surface area contributed by atoms with E-state index < -0.39 is 5.54 Å². The van der Waals surface area contributed by atoms with Gasteiger partial charge < -0.3 is 14.8 Å². The highest BCUT2D eigenvalue weighted by molar-refractivity contribution is 6.24. The van der Waals surface area contributed by atoms with Crippen LogP contribution in [0.25, 0.3) is 10.8 Å². The molecule has 0 atom stereocenters. The van der Waals surface area contributed by atoms with Gasteiger partial charge in [-0.1, -0.05) is 66.7 Å². The number of rotatable bonds is 3. The van der Waals surface area contributed by atoms with Crippen molar-refractivity contribution in [2.75, 3.05) is 4.90 Å². The van der Waals surface area contributed by atoms with Crippen LogP contribution in [-0.2, 0) is 6.54 Å². The Bertz CT molecular complexity index is 1470. The molecule has 4 aromatic rings. The van der Waals surface area contributed by atoms with Crippen LogP contribution in [0.15, 0.2) is 114 Å². The molecule has 1 aromatic heterocycles. The third-order valence-electron chi connectivity index (χ3n) is 6.36. The van der Waals surface area contributed by atoms with Gasteiger partial charge in [-0.15, -0.1) is 0 Å². The normalized spacial score (nSPS) is 16.1. The molecule has 2 aliphatic heterocycles. The van der Waals surface area contributed by atoms with Crippen molar-refractivity contribution in [3.8, 4) is 0 Å². The molecule has 5 heteroatoms. The number of aromatic amines is 1. The van der Waals surface area contributed by atoms with E-state index in [-0.39, 0.29) is 11.3 Å². The molecular formula is C28H21N3O2. The first-order valence-electron chi connectivity index (χ1n) is 10.9. The zero-order chi connectivity index (χ0) is 22.4. The van der Waals surface area contributed by atoms with E-state index >= 15 is 0 Å². The van der Waals surface area contributed by atoms with Gasteiger partial charge in [0.05, 0.1) is 5.56 Å². The number of benzene rings is 3. The van der Waals surface area contributed by atoms with E-state index in [1.165, 1.54) is 5.56 Å². The number of H-pyrrole nitrogens is 1. The van der Waals surface area contributed by atoms with Gasteiger partial charge in [-0.25, -0.2) is 0 Å². The smallest absolute Gasteiger partial charge is 0.257 e. The molecule has 0 aliphatic carbocycles. The Morgan fingerprint density at radius 2 is 1.33 bits per heavy atom.